The van der Waals surface area contributed by atoms with Crippen LogP contribution in [0.4, 0.5) is 0 Å². The van der Waals surface area contributed by atoms with Crippen molar-refractivity contribution in [1.29, 1.82) is 0 Å². The molecule has 0 N–H and O–H groups in total. The number of benzene rings is 2. The van der Waals surface area contributed by atoms with Crippen molar-refractivity contribution in [3.05, 3.63) is 64.8 Å². The van der Waals surface area contributed by atoms with E-state index in [1.807, 2.05) is 0 Å². The molecule has 0 atom stereocenters. The van der Waals surface area contributed by atoms with E-state index in [0.29, 0.717) is 0 Å². The smallest absolute Gasteiger partial charge is 0.0531 e. The Balaban J connectivity index is 2.27. The molecule has 0 bridgehead atoms. The topological polar surface area (TPSA) is 4.93 Å². The molecule has 3 rings (SSSR count). The molecule has 0 saturated heterocycles. The Kier molecular flexibility index (Phi) is 2.52. The second kappa shape index (κ2) is 4.04. The number of fused-ring (bicyclic) bond motifs is 1. The summed E-state index contributed by atoms with van der Waals surface area (Å²) in [7, 11) is 0. The molecule has 1 nitrogen and oxygen atoms in total. The maximum absolute atomic E-state index is 3.46. The average molecular weight is 286 g/mol. The van der Waals surface area contributed by atoms with Crippen LogP contribution in [0, 0.1) is 6.92 Å². The molecule has 2 aromatic carbocycles. The molecule has 0 aliphatic rings. The monoisotopic (exact) mass is 285 g/mol. The summed E-state index contributed by atoms with van der Waals surface area (Å²) in [6.45, 7) is 2.15. The molecule has 1 heterocycles. The number of rotatable bonds is 1. The molecule has 0 spiro atoms. The Labute approximate surface area is 109 Å². The van der Waals surface area contributed by atoms with Crippen molar-refractivity contribution in [2.75, 3.05) is 0 Å². The van der Waals surface area contributed by atoms with Gasteiger partial charge < -0.3 is 4.57 Å². The molecule has 0 aliphatic carbocycles. The highest BCUT2D eigenvalue weighted by atomic mass is 79.9. The first-order valence-electron chi connectivity index (χ1n) is 5.58. The minimum absolute atomic E-state index is 1.11. The van der Waals surface area contributed by atoms with Gasteiger partial charge in [-0.15, -0.1) is 0 Å². The fourth-order valence-electron chi connectivity index (χ4n) is 2.17. The molecule has 17 heavy (non-hydrogen) atoms. The van der Waals surface area contributed by atoms with Gasteiger partial charge in [0.05, 0.1) is 5.52 Å². The Bertz CT molecular complexity index is 665. The number of hydrogen-bond donors (Lipinski definition) is 0. The summed E-state index contributed by atoms with van der Waals surface area (Å²) in [5, 5.41) is 1.32. The lowest BCUT2D eigenvalue weighted by Crippen LogP contribution is -1.90. The Hall–Kier alpha value is -1.54. The summed E-state index contributed by atoms with van der Waals surface area (Å²) in [6, 6.07) is 16.9. The molecule has 0 unspecified atom stereocenters. The largest absolute Gasteiger partial charge is 0.316 e. The zero-order valence-corrected chi connectivity index (χ0v) is 11.1. The van der Waals surface area contributed by atoms with Gasteiger partial charge in [0.2, 0.25) is 0 Å². The second-order valence-electron chi connectivity index (χ2n) is 4.18. The Morgan fingerprint density at radius 2 is 1.65 bits per heavy atom. The van der Waals surface area contributed by atoms with Gasteiger partial charge in [-0.2, -0.15) is 0 Å². The Morgan fingerprint density at radius 1 is 0.941 bits per heavy atom. The lowest BCUT2D eigenvalue weighted by Gasteiger charge is -2.05. The van der Waals surface area contributed by atoms with Crippen molar-refractivity contribution in [2.24, 2.45) is 0 Å². The van der Waals surface area contributed by atoms with Crippen molar-refractivity contribution in [1.82, 2.24) is 4.57 Å². The molecular formula is C15H12BrN. The number of aryl methyl sites for hydroxylation is 1. The molecular weight excluding hydrogens is 274 g/mol. The van der Waals surface area contributed by atoms with Gasteiger partial charge >= 0.3 is 0 Å². The van der Waals surface area contributed by atoms with Crippen molar-refractivity contribution < 1.29 is 0 Å². The lowest BCUT2D eigenvalue weighted by molar-refractivity contribution is 1.12. The summed E-state index contributed by atoms with van der Waals surface area (Å²) in [5.41, 5.74) is 3.76. The van der Waals surface area contributed by atoms with Crippen molar-refractivity contribution in [3.8, 4) is 5.69 Å². The van der Waals surface area contributed by atoms with Crippen LogP contribution in [-0.2, 0) is 0 Å². The second-order valence-corrected chi connectivity index (χ2v) is 5.09. The summed E-state index contributed by atoms with van der Waals surface area (Å²) in [4.78, 5) is 0. The van der Waals surface area contributed by atoms with Crippen molar-refractivity contribution >= 4 is 26.8 Å². The standard InChI is InChI=1S/C15H12BrN/c1-11-10-17(13-8-6-12(16)7-9-13)15-5-3-2-4-14(11)15/h2-10H,1H3. The zero-order chi connectivity index (χ0) is 11.8. The third-order valence-corrected chi connectivity index (χ3v) is 3.54. The van der Waals surface area contributed by atoms with E-state index in [2.05, 4.69) is 82.1 Å². The van der Waals surface area contributed by atoms with Gasteiger partial charge in [-0.25, -0.2) is 0 Å². The minimum Gasteiger partial charge on any atom is -0.316 e. The first kappa shape index (κ1) is 10.6. The van der Waals surface area contributed by atoms with E-state index in [0.717, 1.165) is 4.47 Å². The summed E-state index contributed by atoms with van der Waals surface area (Å²) in [6.07, 6.45) is 2.19. The molecule has 2 heteroatoms. The first-order chi connectivity index (χ1) is 8.25. The third-order valence-electron chi connectivity index (χ3n) is 3.02. The molecule has 0 saturated carbocycles. The molecule has 84 valence electrons. The van der Waals surface area contributed by atoms with E-state index in [9.17, 15) is 0 Å². The average Bonchev–Trinajstić information content (AvgIpc) is 2.69. The van der Waals surface area contributed by atoms with Gasteiger partial charge in [0, 0.05) is 21.7 Å². The van der Waals surface area contributed by atoms with Crippen LogP contribution in [0.2, 0.25) is 0 Å². The molecule has 0 radical (unpaired) electrons. The van der Waals surface area contributed by atoms with Crippen LogP contribution in [0.25, 0.3) is 16.6 Å². The molecule has 3 aromatic rings. The normalized spacial score (nSPS) is 10.9. The number of para-hydroxylation sites is 1. The van der Waals surface area contributed by atoms with Gasteiger partial charge in [-0.3, -0.25) is 0 Å². The van der Waals surface area contributed by atoms with E-state index < -0.39 is 0 Å². The van der Waals surface area contributed by atoms with Crippen LogP contribution < -0.4 is 0 Å². The highest BCUT2D eigenvalue weighted by molar-refractivity contribution is 9.10. The minimum atomic E-state index is 1.11. The fourth-order valence-corrected chi connectivity index (χ4v) is 2.43. The maximum atomic E-state index is 3.46. The zero-order valence-electron chi connectivity index (χ0n) is 9.52. The number of hydrogen-bond acceptors (Lipinski definition) is 0. The van der Waals surface area contributed by atoms with Gasteiger partial charge in [-0.05, 0) is 42.8 Å². The predicted molar refractivity (Wildman–Crippen MR) is 75.7 cm³/mol. The van der Waals surface area contributed by atoms with Crippen molar-refractivity contribution in [3.63, 3.8) is 0 Å². The SMILES string of the molecule is Cc1cn(-c2ccc(Br)cc2)c2ccccc12. The maximum Gasteiger partial charge on any atom is 0.0531 e. The van der Waals surface area contributed by atoms with Crippen LogP contribution in [0.3, 0.4) is 0 Å². The van der Waals surface area contributed by atoms with Gasteiger partial charge in [-0.1, -0.05) is 34.1 Å². The van der Waals surface area contributed by atoms with Crippen LogP contribution >= 0.6 is 15.9 Å². The lowest BCUT2D eigenvalue weighted by atomic mass is 10.2. The van der Waals surface area contributed by atoms with Crippen LogP contribution in [-0.4, -0.2) is 4.57 Å². The third kappa shape index (κ3) is 1.79. The quantitative estimate of drug-likeness (QED) is 0.611. The summed E-state index contributed by atoms with van der Waals surface area (Å²) < 4.78 is 3.34. The number of halogens is 1. The van der Waals surface area contributed by atoms with E-state index in [-0.39, 0.29) is 0 Å². The van der Waals surface area contributed by atoms with Crippen LogP contribution in [0.15, 0.2) is 59.2 Å². The number of nitrogens with zero attached hydrogens (tertiary/aromatic N) is 1. The molecule has 0 amide bonds. The van der Waals surface area contributed by atoms with Crippen LogP contribution in [0.5, 0.6) is 0 Å². The first-order valence-corrected chi connectivity index (χ1v) is 6.37. The van der Waals surface area contributed by atoms with Crippen molar-refractivity contribution in [2.45, 2.75) is 6.92 Å². The van der Waals surface area contributed by atoms with Crippen LogP contribution in [0.1, 0.15) is 5.56 Å². The van der Waals surface area contributed by atoms with E-state index in [1.54, 1.807) is 0 Å². The highest BCUT2D eigenvalue weighted by Gasteiger charge is 2.05. The van der Waals surface area contributed by atoms with Gasteiger partial charge in [0.1, 0.15) is 0 Å². The van der Waals surface area contributed by atoms with E-state index in [1.165, 1.54) is 22.2 Å². The molecule has 1 aromatic heterocycles. The Morgan fingerprint density at radius 3 is 2.41 bits per heavy atom. The van der Waals surface area contributed by atoms with Gasteiger partial charge in [0.25, 0.3) is 0 Å². The number of aromatic nitrogens is 1. The molecule has 0 aliphatic heterocycles. The van der Waals surface area contributed by atoms with Gasteiger partial charge in [0.15, 0.2) is 0 Å². The molecule has 0 fully saturated rings. The summed E-state index contributed by atoms with van der Waals surface area (Å²) in [5.74, 6) is 0. The van der Waals surface area contributed by atoms with E-state index >= 15 is 0 Å². The summed E-state index contributed by atoms with van der Waals surface area (Å²) >= 11 is 3.46. The predicted octanol–water partition coefficient (Wildman–Crippen LogP) is 4.70. The van der Waals surface area contributed by atoms with E-state index in [4.69, 9.17) is 0 Å². The fraction of sp³-hybridized carbons (Fsp3) is 0.0667. The highest BCUT2D eigenvalue weighted by Crippen LogP contribution is 2.24.